The van der Waals surface area contributed by atoms with E-state index in [0.29, 0.717) is 0 Å². The number of rotatable bonds is 6. The summed E-state index contributed by atoms with van der Waals surface area (Å²) in [5.74, 6) is 0. The van der Waals surface area contributed by atoms with E-state index in [2.05, 4.69) is 217 Å². The van der Waals surface area contributed by atoms with Crippen LogP contribution in [0.25, 0.3) is 76.5 Å². The molecule has 0 fully saturated rings. The Labute approximate surface area is 309 Å². The van der Waals surface area contributed by atoms with E-state index in [1.807, 2.05) is 0 Å². The molecule has 0 radical (unpaired) electrons. The smallest absolute Gasteiger partial charge is 0.0546 e. The summed E-state index contributed by atoms with van der Waals surface area (Å²) in [5.41, 5.74) is 10.5. The van der Waals surface area contributed by atoms with Crippen LogP contribution in [0.5, 0.6) is 0 Å². The SMILES string of the molecule is c1ccc(-c2ccc(N(c3ccc(-c4cc5ccccc5c5ccccc45)cc3)c3cc4ccccc4c4ccccc34)c(-c3ccccc3)c2)cc1. The van der Waals surface area contributed by atoms with Crippen molar-refractivity contribution in [3.63, 3.8) is 0 Å². The van der Waals surface area contributed by atoms with Crippen molar-refractivity contribution in [1.82, 2.24) is 0 Å². The van der Waals surface area contributed by atoms with Gasteiger partial charge in [0.1, 0.15) is 0 Å². The van der Waals surface area contributed by atoms with Gasteiger partial charge in [-0.15, -0.1) is 0 Å². The first-order valence-corrected chi connectivity index (χ1v) is 18.3. The molecule has 0 aliphatic carbocycles. The third-order valence-corrected chi connectivity index (χ3v) is 10.6. The lowest BCUT2D eigenvalue weighted by Crippen LogP contribution is -2.12. The highest BCUT2D eigenvalue weighted by atomic mass is 15.1. The Morgan fingerprint density at radius 1 is 0.245 bits per heavy atom. The second-order valence-electron chi connectivity index (χ2n) is 13.7. The van der Waals surface area contributed by atoms with E-state index in [1.165, 1.54) is 76.5 Å². The van der Waals surface area contributed by atoms with Crippen molar-refractivity contribution in [2.45, 2.75) is 0 Å². The zero-order chi connectivity index (χ0) is 35.1. The van der Waals surface area contributed by atoms with Gasteiger partial charge in [-0.05, 0) is 102 Å². The van der Waals surface area contributed by atoms with Crippen molar-refractivity contribution < 1.29 is 0 Å². The van der Waals surface area contributed by atoms with E-state index in [4.69, 9.17) is 0 Å². The molecule has 0 heterocycles. The van der Waals surface area contributed by atoms with Crippen LogP contribution in [-0.4, -0.2) is 0 Å². The van der Waals surface area contributed by atoms with Crippen molar-refractivity contribution in [3.05, 3.63) is 212 Å². The molecular formula is C52H35N. The predicted octanol–water partition coefficient (Wildman–Crippen LogP) is 14.8. The quantitative estimate of drug-likeness (QED) is 0.159. The van der Waals surface area contributed by atoms with Crippen LogP contribution >= 0.6 is 0 Å². The highest BCUT2D eigenvalue weighted by Gasteiger charge is 2.21. The second-order valence-corrected chi connectivity index (χ2v) is 13.7. The first kappa shape index (κ1) is 30.8. The molecule has 10 aromatic carbocycles. The summed E-state index contributed by atoms with van der Waals surface area (Å²) in [4.78, 5) is 2.47. The molecule has 0 aliphatic rings. The summed E-state index contributed by atoms with van der Waals surface area (Å²) in [6.07, 6.45) is 0. The predicted molar refractivity (Wildman–Crippen MR) is 227 cm³/mol. The Hall–Kier alpha value is -6.96. The monoisotopic (exact) mass is 673 g/mol. The molecular weight excluding hydrogens is 639 g/mol. The van der Waals surface area contributed by atoms with Crippen LogP contribution in [0.4, 0.5) is 17.1 Å². The van der Waals surface area contributed by atoms with Gasteiger partial charge in [0.15, 0.2) is 0 Å². The fourth-order valence-electron chi connectivity index (χ4n) is 8.10. The van der Waals surface area contributed by atoms with Gasteiger partial charge in [0.05, 0.1) is 11.4 Å². The van der Waals surface area contributed by atoms with Crippen LogP contribution in [-0.2, 0) is 0 Å². The first-order valence-electron chi connectivity index (χ1n) is 18.3. The highest BCUT2D eigenvalue weighted by molar-refractivity contribution is 6.16. The van der Waals surface area contributed by atoms with Crippen molar-refractivity contribution in [3.8, 4) is 33.4 Å². The van der Waals surface area contributed by atoms with Gasteiger partial charge in [-0.3, -0.25) is 0 Å². The number of benzene rings is 10. The largest absolute Gasteiger partial charge is 0.309 e. The van der Waals surface area contributed by atoms with Crippen molar-refractivity contribution in [1.29, 1.82) is 0 Å². The number of fused-ring (bicyclic) bond motifs is 6. The molecule has 0 saturated heterocycles. The third kappa shape index (κ3) is 5.42. The number of anilines is 3. The van der Waals surface area contributed by atoms with Gasteiger partial charge in [-0.2, -0.15) is 0 Å². The molecule has 0 spiro atoms. The maximum absolute atomic E-state index is 2.47. The van der Waals surface area contributed by atoms with Crippen LogP contribution in [0.3, 0.4) is 0 Å². The van der Waals surface area contributed by atoms with E-state index < -0.39 is 0 Å². The molecule has 0 N–H and O–H groups in total. The fraction of sp³-hybridized carbons (Fsp3) is 0. The minimum absolute atomic E-state index is 1.10. The third-order valence-electron chi connectivity index (χ3n) is 10.6. The van der Waals surface area contributed by atoms with E-state index in [-0.39, 0.29) is 0 Å². The Morgan fingerprint density at radius 3 is 1.38 bits per heavy atom. The normalized spacial score (nSPS) is 11.4. The molecule has 53 heavy (non-hydrogen) atoms. The molecule has 10 rings (SSSR count). The van der Waals surface area contributed by atoms with Crippen LogP contribution < -0.4 is 4.90 Å². The van der Waals surface area contributed by atoms with Crippen molar-refractivity contribution in [2.75, 3.05) is 4.90 Å². The second kappa shape index (κ2) is 13.0. The average molecular weight is 674 g/mol. The number of hydrogen-bond acceptors (Lipinski definition) is 1. The lowest BCUT2D eigenvalue weighted by molar-refractivity contribution is 1.30. The van der Waals surface area contributed by atoms with Gasteiger partial charge in [-0.25, -0.2) is 0 Å². The summed E-state index contributed by atoms with van der Waals surface area (Å²) in [6.45, 7) is 0. The molecule has 0 bridgehead atoms. The molecule has 0 atom stereocenters. The minimum Gasteiger partial charge on any atom is -0.309 e. The van der Waals surface area contributed by atoms with Gasteiger partial charge in [0.2, 0.25) is 0 Å². The molecule has 0 saturated carbocycles. The molecule has 248 valence electrons. The Kier molecular flexibility index (Phi) is 7.55. The van der Waals surface area contributed by atoms with Crippen LogP contribution in [0.15, 0.2) is 212 Å². The molecule has 10 aromatic rings. The summed E-state index contributed by atoms with van der Waals surface area (Å²) in [5, 5.41) is 10.00. The Morgan fingerprint density at radius 2 is 0.717 bits per heavy atom. The zero-order valence-corrected chi connectivity index (χ0v) is 29.2. The maximum Gasteiger partial charge on any atom is 0.0546 e. The van der Waals surface area contributed by atoms with Gasteiger partial charge >= 0.3 is 0 Å². The lowest BCUT2D eigenvalue weighted by Gasteiger charge is -2.30. The van der Waals surface area contributed by atoms with Crippen molar-refractivity contribution in [2.24, 2.45) is 0 Å². The van der Waals surface area contributed by atoms with Gasteiger partial charge in [-0.1, -0.05) is 176 Å². The summed E-state index contributed by atoms with van der Waals surface area (Å²) >= 11 is 0. The first-order chi connectivity index (χ1) is 26.3. The van der Waals surface area contributed by atoms with Crippen LogP contribution in [0.2, 0.25) is 0 Å². The van der Waals surface area contributed by atoms with Crippen LogP contribution in [0.1, 0.15) is 0 Å². The van der Waals surface area contributed by atoms with E-state index in [1.54, 1.807) is 0 Å². The molecule has 1 heteroatoms. The molecule has 1 nitrogen and oxygen atoms in total. The zero-order valence-electron chi connectivity index (χ0n) is 29.2. The van der Waals surface area contributed by atoms with E-state index in [0.717, 1.165) is 17.1 Å². The molecule has 0 amide bonds. The van der Waals surface area contributed by atoms with Gasteiger partial charge in [0, 0.05) is 16.6 Å². The fourth-order valence-corrected chi connectivity index (χ4v) is 8.10. The maximum atomic E-state index is 2.47. The highest BCUT2D eigenvalue weighted by Crippen LogP contribution is 2.47. The summed E-state index contributed by atoms with van der Waals surface area (Å²) in [7, 11) is 0. The van der Waals surface area contributed by atoms with Crippen LogP contribution in [0, 0.1) is 0 Å². The number of hydrogen-bond donors (Lipinski definition) is 0. The average Bonchev–Trinajstić information content (AvgIpc) is 3.24. The molecule has 0 unspecified atom stereocenters. The Balaban J connectivity index is 1.23. The number of nitrogens with zero attached hydrogens (tertiary/aromatic N) is 1. The standard InChI is InChI=1S/C52H35N/c1-3-15-36(16-4-1)39-29-32-51(50(33-39)37-17-5-2-6-18-37)53(52-35-41-20-8-10-22-44(41)46-24-13-14-26-48(46)52)42-30-27-38(28-31-42)49-34-40-19-7-9-21-43(40)45-23-11-12-25-47(45)49/h1-35H. The van der Waals surface area contributed by atoms with E-state index >= 15 is 0 Å². The summed E-state index contributed by atoms with van der Waals surface area (Å²) < 4.78 is 0. The van der Waals surface area contributed by atoms with Gasteiger partial charge in [0.25, 0.3) is 0 Å². The Bertz CT molecular complexity index is 2930. The molecule has 0 aromatic heterocycles. The van der Waals surface area contributed by atoms with Gasteiger partial charge < -0.3 is 4.90 Å². The van der Waals surface area contributed by atoms with Crippen molar-refractivity contribution >= 4 is 60.2 Å². The molecule has 0 aliphatic heterocycles. The minimum atomic E-state index is 1.10. The summed E-state index contributed by atoms with van der Waals surface area (Å²) in [6, 6.07) is 77.3. The van der Waals surface area contributed by atoms with E-state index in [9.17, 15) is 0 Å². The lowest BCUT2D eigenvalue weighted by atomic mass is 9.93. The topological polar surface area (TPSA) is 3.24 Å².